The molecule has 1 atom stereocenters. The Hall–Kier alpha value is -2.90. The maximum absolute atomic E-state index is 13.2. The normalized spacial score (nSPS) is 17.3. The standard InChI is InChI=1S/C18H17F2N5O/c19-15(20)11-25-17(23-13-5-2-1-4-12(13)18(25)26)14-6-3-9-24(14)16-10-21-7-8-22-16/h1-2,4-5,7-8,10,14-15H,3,6,9,11H2. The number of alkyl halides is 2. The molecule has 0 radical (unpaired) electrons. The molecule has 26 heavy (non-hydrogen) atoms. The minimum Gasteiger partial charge on any atom is -0.345 e. The first-order valence-electron chi connectivity index (χ1n) is 8.45. The summed E-state index contributed by atoms with van der Waals surface area (Å²) in [7, 11) is 0. The van der Waals surface area contributed by atoms with Gasteiger partial charge in [0, 0.05) is 18.9 Å². The minimum atomic E-state index is -2.64. The number of aromatic nitrogens is 4. The zero-order chi connectivity index (χ0) is 18.1. The second-order valence-corrected chi connectivity index (χ2v) is 6.21. The van der Waals surface area contributed by atoms with E-state index in [4.69, 9.17) is 0 Å². The lowest BCUT2D eigenvalue weighted by molar-refractivity contribution is 0.123. The Morgan fingerprint density at radius 1 is 1.23 bits per heavy atom. The van der Waals surface area contributed by atoms with Crippen molar-refractivity contribution in [2.45, 2.75) is 31.9 Å². The summed E-state index contributed by atoms with van der Waals surface area (Å²) in [4.78, 5) is 27.8. The van der Waals surface area contributed by atoms with Crippen LogP contribution in [0.25, 0.3) is 10.9 Å². The third kappa shape index (κ3) is 2.91. The van der Waals surface area contributed by atoms with Crippen LogP contribution in [0, 0.1) is 0 Å². The van der Waals surface area contributed by atoms with Gasteiger partial charge < -0.3 is 4.90 Å². The van der Waals surface area contributed by atoms with Crippen LogP contribution in [0.5, 0.6) is 0 Å². The number of anilines is 1. The summed E-state index contributed by atoms with van der Waals surface area (Å²) in [6.45, 7) is 0.0392. The Morgan fingerprint density at radius 2 is 2.08 bits per heavy atom. The van der Waals surface area contributed by atoms with Crippen molar-refractivity contribution in [1.29, 1.82) is 0 Å². The van der Waals surface area contributed by atoms with Crippen LogP contribution in [0.15, 0.2) is 47.7 Å². The fourth-order valence-corrected chi connectivity index (χ4v) is 3.50. The van der Waals surface area contributed by atoms with Crippen LogP contribution in [-0.4, -0.2) is 32.5 Å². The molecule has 1 aliphatic heterocycles. The minimum absolute atomic E-state index is 0.289. The fourth-order valence-electron chi connectivity index (χ4n) is 3.50. The van der Waals surface area contributed by atoms with E-state index in [1.165, 1.54) is 0 Å². The average Bonchev–Trinajstić information content (AvgIpc) is 3.14. The lowest BCUT2D eigenvalue weighted by Gasteiger charge is -2.27. The zero-order valence-corrected chi connectivity index (χ0v) is 13.9. The Kier molecular flexibility index (Phi) is 4.32. The average molecular weight is 357 g/mol. The highest BCUT2D eigenvalue weighted by atomic mass is 19.3. The van der Waals surface area contributed by atoms with E-state index in [1.807, 2.05) is 4.90 Å². The first-order valence-corrected chi connectivity index (χ1v) is 8.45. The van der Waals surface area contributed by atoms with Crippen molar-refractivity contribution in [3.05, 3.63) is 59.0 Å². The summed E-state index contributed by atoms with van der Waals surface area (Å²) in [6, 6.07) is 6.55. The summed E-state index contributed by atoms with van der Waals surface area (Å²) in [5, 5.41) is 0.348. The van der Waals surface area contributed by atoms with Crippen LogP contribution in [0.4, 0.5) is 14.6 Å². The van der Waals surface area contributed by atoms with Crippen LogP contribution in [0.1, 0.15) is 24.7 Å². The molecule has 0 bridgehead atoms. The van der Waals surface area contributed by atoms with Gasteiger partial charge in [0.25, 0.3) is 12.0 Å². The maximum atomic E-state index is 13.2. The molecule has 4 rings (SSSR count). The topological polar surface area (TPSA) is 63.9 Å². The second-order valence-electron chi connectivity index (χ2n) is 6.21. The first-order chi connectivity index (χ1) is 12.6. The Balaban J connectivity index is 1.88. The van der Waals surface area contributed by atoms with Gasteiger partial charge in [0.2, 0.25) is 0 Å². The summed E-state index contributed by atoms with van der Waals surface area (Å²) in [5.74, 6) is 1.01. The van der Waals surface area contributed by atoms with E-state index in [2.05, 4.69) is 15.0 Å². The van der Waals surface area contributed by atoms with Crippen LogP contribution < -0.4 is 10.5 Å². The van der Waals surface area contributed by atoms with Gasteiger partial charge in [-0.3, -0.25) is 14.3 Å². The summed E-state index contributed by atoms with van der Waals surface area (Å²) in [6.07, 6.45) is 3.74. The van der Waals surface area contributed by atoms with Crippen LogP contribution in [0.3, 0.4) is 0 Å². The summed E-state index contributed by atoms with van der Waals surface area (Å²) < 4.78 is 27.4. The first kappa shape index (κ1) is 16.6. The third-order valence-electron chi connectivity index (χ3n) is 4.61. The molecule has 0 spiro atoms. The molecule has 1 aliphatic rings. The molecule has 134 valence electrons. The van der Waals surface area contributed by atoms with Crippen LogP contribution in [-0.2, 0) is 6.54 Å². The molecule has 3 heterocycles. The van der Waals surface area contributed by atoms with E-state index in [0.29, 0.717) is 35.5 Å². The molecular formula is C18H17F2N5O. The molecule has 1 unspecified atom stereocenters. The molecule has 6 nitrogen and oxygen atoms in total. The van der Waals surface area contributed by atoms with Crippen LogP contribution >= 0.6 is 0 Å². The Bertz CT molecular complexity index is 976. The van der Waals surface area contributed by atoms with Gasteiger partial charge in [0.05, 0.1) is 29.7 Å². The highest BCUT2D eigenvalue weighted by Crippen LogP contribution is 2.34. The molecule has 0 N–H and O–H groups in total. The molecule has 1 aromatic carbocycles. The lowest BCUT2D eigenvalue weighted by atomic mass is 10.1. The largest absolute Gasteiger partial charge is 0.345 e. The molecule has 8 heteroatoms. The Labute approximate surface area is 148 Å². The van der Waals surface area contributed by atoms with Gasteiger partial charge in [-0.05, 0) is 25.0 Å². The number of halogens is 2. The predicted molar refractivity (Wildman–Crippen MR) is 93.4 cm³/mol. The smallest absolute Gasteiger partial charge is 0.261 e. The SMILES string of the molecule is O=c1c2ccccc2nc(C2CCCN2c2cnccn2)n1CC(F)F. The molecule has 2 aromatic heterocycles. The van der Waals surface area contributed by atoms with Crippen LogP contribution in [0.2, 0.25) is 0 Å². The van der Waals surface area contributed by atoms with Gasteiger partial charge in [-0.1, -0.05) is 12.1 Å². The monoisotopic (exact) mass is 357 g/mol. The summed E-state index contributed by atoms with van der Waals surface area (Å²) >= 11 is 0. The maximum Gasteiger partial charge on any atom is 0.261 e. The molecular weight excluding hydrogens is 340 g/mol. The van der Waals surface area contributed by atoms with Crippen molar-refractivity contribution in [2.24, 2.45) is 0 Å². The van der Waals surface area contributed by atoms with Gasteiger partial charge in [-0.25, -0.2) is 18.7 Å². The fraction of sp³-hybridized carbons (Fsp3) is 0.333. The summed E-state index contributed by atoms with van der Waals surface area (Å²) in [5.41, 5.74) is 0.0842. The van der Waals surface area contributed by atoms with E-state index in [9.17, 15) is 13.6 Å². The van der Waals surface area contributed by atoms with E-state index in [1.54, 1.807) is 42.9 Å². The van der Waals surface area contributed by atoms with Crippen molar-refractivity contribution >= 4 is 16.7 Å². The zero-order valence-electron chi connectivity index (χ0n) is 13.9. The molecule has 1 saturated heterocycles. The number of hydrogen-bond donors (Lipinski definition) is 0. The van der Waals surface area contributed by atoms with E-state index in [0.717, 1.165) is 11.0 Å². The molecule has 0 saturated carbocycles. The number of nitrogens with zero attached hydrogens (tertiary/aromatic N) is 5. The van der Waals surface area contributed by atoms with Gasteiger partial charge >= 0.3 is 0 Å². The second kappa shape index (κ2) is 6.78. The number of hydrogen-bond acceptors (Lipinski definition) is 5. The highest BCUT2D eigenvalue weighted by Gasteiger charge is 2.32. The van der Waals surface area contributed by atoms with Crippen molar-refractivity contribution in [3.8, 4) is 0 Å². The van der Waals surface area contributed by atoms with E-state index < -0.39 is 18.5 Å². The number of fused-ring (bicyclic) bond motifs is 1. The van der Waals surface area contributed by atoms with Crippen molar-refractivity contribution in [3.63, 3.8) is 0 Å². The van der Waals surface area contributed by atoms with Gasteiger partial charge in [-0.15, -0.1) is 0 Å². The highest BCUT2D eigenvalue weighted by molar-refractivity contribution is 5.77. The lowest BCUT2D eigenvalue weighted by Crippen LogP contribution is -2.34. The Morgan fingerprint density at radius 3 is 2.85 bits per heavy atom. The van der Waals surface area contributed by atoms with Gasteiger partial charge in [0.1, 0.15) is 11.6 Å². The number of para-hydroxylation sites is 1. The molecule has 0 aliphatic carbocycles. The molecule has 1 fully saturated rings. The van der Waals surface area contributed by atoms with Gasteiger partial charge in [-0.2, -0.15) is 0 Å². The van der Waals surface area contributed by atoms with Crippen molar-refractivity contribution in [2.75, 3.05) is 11.4 Å². The number of benzene rings is 1. The quantitative estimate of drug-likeness (QED) is 0.718. The molecule has 3 aromatic rings. The predicted octanol–water partition coefficient (Wildman–Crippen LogP) is 2.79. The number of rotatable bonds is 4. The van der Waals surface area contributed by atoms with E-state index in [-0.39, 0.29) is 6.04 Å². The van der Waals surface area contributed by atoms with E-state index >= 15 is 0 Å². The molecule has 0 amide bonds. The third-order valence-corrected chi connectivity index (χ3v) is 4.61. The van der Waals surface area contributed by atoms with Gasteiger partial charge in [0.15, 0.2) is 0 Å². The van der Waals surface area contributed by atoms with Crippen molar-refractivity contribution in [1.82, 2.24) is 19.5 Å². The van der Waals surface area contributed by atoms with Crippen molar-refractivity contribution < 1.29 is 8.78 Å².